The number of amides is 1. The number of carbonyl (C=O) groups is 1. The molecule has 0 radical (unpaired) electrons. The van der Waals surface area contributed by atoms with E-state index in [1.807, 2.05) is 67.9 Å². The molecule has 0 bridgehead atoms. The second kappa shape index (κ2) is 9.03. The van der Waals surface area contributed by atoms with Crippen LogP contribution < -0.4 is 5.43 Å². The first-order valence-electron chi connectivity index (χ1n) is 8.62. The zero-order chi connectivity index (χ0) is 20.1. The van der Waals surface area contributed by atoms with Crippen LogP contribution in [0.2, 0.25) is 5.02 Å². The first-order valence-corrected chi connectivity index (χ1v) is 9.98. The maximum absolute atomic E-state index is 12.1. The van der Waals surface area contributed by atoms with Crippen molar-refractivity contribution in [1.82, 2.24) is 20.2 Å². The van der Waals surface area contributed by atoms with E-state index in [9.17, 15) is 4.79 Å². The fourth-order valence-corrected chi connectivity index (χ4v) is 3.38. The van der Waals surface area contributed by atoms with Gasteiger partial charge >= 0.3 is 0 Å². The molecule has 0 spiro atoms. The Labute approximate surface area is 173 Å². The summed E-state index contributed by atoms with van der Waals surface area (Å²) < 4.78 is 1.84. The molecule has 0 aliphatic heterocycles. The number of benzene rings is 2. The van der Waals surface area contributed by atoms with Crippen molar-refractivity contribution in [3.8, 4) is 11.4 Å². The third kappa shape index (κ3) is 4.99. The number of nitrogens with one attached hydrogen (secondary N) is 1. The van der Waals surface area contributed by atoms with E-state index < -0.39 is 0 Å². The Balaban J connectivity index is 1.59. The fourth-order valence-electron chi connectivity index (χ4n) is 2.49. The summed E-state index contributed by atoms with van der Waals surface area (Å²) in [4.78, 5) is 12.1. The van der Waals surface area contributed by atoms with E-state index in [-0.39, 0.29) is 11.7 Å². The Hall–Kier alpha value is -2.64. The van der Waals surface area contributed by atoms with Crippen LogP contribution in [0, 0.1) is 6.92 Å². The van der Waals surface area contributed by atoms with Gasteiger partial charge in [-0.05, 0) is 31.5 Å². The molecular formula is C20H20ClN5OS. The van der Waals surface area contributed by atoms with Gasteiger partial charge in [0.25, 0.3) is 5.91 Å². The van der Waals surface area contributed by atoms with Crippen molar-refractivity contribution < 1.29 is 4.79 Å². The van der Waals surface area contributed by atoms with Crippen LogP contribution in [0.5, 0.6) is 0 Å². The third-order valence-electron chi connectivity index (χ3n) is 4.07. The van der Waals surface area contributed by atoms with Gasteiger partial charge in [-0.25, -0.2) is 5.43 Å². The van der Waals surface area contributed by atoms with Crippen molar-refractivity contribution in [3.05, 3.63) is 64.7 Å². The number of halogens is 1. The molecule has 0 saturated heterocycles. The highest BCUT2D eigenvalue weighted by Gasteiger charge is 2.13. The molecule has 8 heteroatoms. The van der Waals surface area contributed by atoms with E-state index >= 15 is 0 Å². The lowest BCUT2D eigenvalue weighted by Crippen LogP contribution is -2.21. The molecule has 3 aromatic rings. The summed E-state index contributed by atoms with van der Waals surface area (Å²) >= 11 is 7.34. The van der Waals surface area contributed by atoms with Crippen LogP contribution in [0.1, 0.15) is 18.1 Å². The highest BCUT2D eigenvalue weighted by atomic mass is 35.5. The summed E-state index contributed by atoms with van der Waals surface area (Å²) in [6.07, 6.45) is 0. The molecule has 1 heterocycles. The molecule has 0 fully saturated rings. The molecule has 1 amide bonds. The van der Waals surface area contributed by atoms with Crippen LogP contribution in [-0.4, -0.2) is 32.1 Å². The Morgan fingerprint density at radius 1 is 1.21 bits per heavy atom. The van der Waals surface area contributed by atoms with Crippen molar-refractivity contribution in [3.63, 3.8) is 0 Å². The van der Waals surface area contributed by atoms with Gasteiger partial charge in [0.2, 0.25) is 0 Å². The third-order valence-corrected chi connectivity index (χ3v) is 5.32. The standard InChI is InChI=1S/C20H20ClN5OS/c1-13-7-9-15(10-8-13)14(2)22-23-18(27)12-28-20-25-24-19(26(20)3)16-5-4-6-17(21)11-16/h4-11H,12H2,1-3H3,(H,23,27). The van der Waals surface area contributed by atoms with Gasteiger partial charge in [0.1, 0.15) is 0 Å². The minimum Gasteiger partial charge on any atom is -0.305 e. The van der Waals surface area contributed by atoms with E-state index in [4.69, 9.17) is 11.6 Å². The number of aryl methyl sites for hydroxylation is 1. The van der Waals surface area contributed by atoms with Crippen LogP contribution >= 0.6 is 23.4 Å². The normalized spacial score (nSPS) is 11.5. The number of nitrogens with zero attached hydrogens (tertiary/aromatic N) is 4. The predicted octanol–water partition coefficient (Wildman–Crippen LogP) is 4.08. The van der Waals surface area contributed by atoms with Crippen LogP contribution in [-0.2, 0) is 11.8 Å². The van der Waals surface area contributed by atoms with Crippen LogP contribution in [0.15, 0.2) is 58.8 Å². The first-order chi connectivity index (χ1) is 13.4. The zero-order valence-corrected chi connectivity index (χ0v) is 17.4. The average Bonchev–Trinajstić information content (AvgIpc) is 3.05. The Morgan fingerprint density at radius 3 is 2.68 bits per heavy atom. The molecule has 6 nitrogen and oxygen atoms in total. The van der Waals surface area contributed by atoms with Gasteiger partial charge in [0.15, 0.2) is 11.0 Å². The van der Waals surface area contributed by atoms with E-state index in [0.29, 0.717) is 16.0 Å². The smallest absolute Gasteiger partial charge is 0.250 e. The quantitative estimate of drug-likeness (QED) is 0.375. The van der Waals surface area contributed by atoms with E-state index in [0.717, 1.165) is 16.8 Å². The highest BCUT2D eigenvalue weighted by molar-refractivity contribution is 7.99. The molecule has 0 unspecified atom stereocenters. The van der Waals surface area contributed by atoms with Crippen LogP contribution in [0.4, 0.5) is 0 Å². The number of carbonyl (C=O) groups excluding carboxylic acids is 1. The van der Waals surface area contributed by atoms with Crippen molar-refractivity contribution in [2.75, 3.05) is 5.75 Å². The van der Waals surface area contributed by atoms with Crippen molar-refractivity contribution in [2.24, 2.45) is 12.1 Å². The number of hydrogen-bond donors (Lipinski definition) is 1. The number of rotatable bonds is 6. The molecule has 0 saturated carbocycles. The predicted molar refractivity (Wildman–Crippen MR) is 114 cm³/mol. The van der Waals surface area contributed by atoms with Gasteiger partial charge in [-0.3, -0.25) is 4.79 Å². The second-order valence-electron chi connectivity index (χ2n) is 6.26. The van der Waals surface area contributed by atoms with Gasteiger partial charge in [-0.1, -0.05) is 65.3 Å². The second-order valence-corrected chi connectivity index (χ2v) is 7.64. The lowest BCUT2D eigenvalue weighted by molar-refractivity contribution is -0.118. The fraction of sp³-hybridized carbons (Fsp3) is 0.200. The number of aromatic nitrogens is 3. The lowest BCUT2D eigenvalue weighted by atomic mass is 10.1. The number of thioether (sulfide) groups is 1. The van der Waals surface area contributed by atoms with Gasteiger partial charge < -0.3 is 4.57 Å². The molecule has 0 atom stereocenters. The summed E-state index contributed by atoms with van der Waals surface area (Å²) in [5.41, 5.74) is 6.36. The molecule has 1 aromatic heterocycles. The minimum atomic E-state index is -0.205. The summed E-state index contributed by atoms with van der Waals surface area (Å²) in [5.74, 6) is 0.675. The zero-order valence-electron chi connectivity index (χ0n) is 15.8. The van der Waals surface area contributed by atoms with Gasteiger partial charge in [0, 0.05) is 17.6 Å². The van der Waals surface area contributed by atoms with Crippen molar-refractivity contribution in [2.45, 2.75) is 19.0 Å². The summed E-state index contributed by atoms with van der Waals surface area (Å²) in [6.45, 7) is 3.89. The summed E-state index contributed by atoms with van der Waals surface area (Å²) in [6, 6.07) is 15.4. The average molecular weight is 414 g/mol. The maximum Gasteiger partial charge on any atom is 0.250 e. The summed E-state index contributed by atoms with van der Waals surface area (Å²) in [7, 11) is 1.86. The molecule has 3 rings (SSSR count). The molecule has 1 N–H and O–H groups in total. The lowest BCUT2D eigenvalue weighted by Gasteiger charge is -2.05. The maximum atomic E-state index is 12.1. The largest absolute Gasteiger partial charge is 0.305 e. The highest BCUT2D eigenvalue weighted by Crippen LogP contribution is 2.24. The van der Waals surface area contributed by atoms with Gasteiger partial charge in [-0.2, -0.15) is 5.10 Å². The number of hydrazone groups is 1. The molecule has 0 aliphatic carbocycles. The van der Waals surface area contributed by atoms with Crippen LogP contribution in [0.3, 0.4) is 0 Å². The topological polar surface area (TPSA) is 72.2 Å². The van der Waals surface area contributed by atoms with Crippen LogP contribution in [0.25, 0.3) is 11.4 Å². The monoisotopic (exact) mass is 413 g/mol. The molecular weight excluding hydrogens is 394 g/mol. The summed E-state index contributed by atoms with van der Waals surface area (Å²) in [5, 5.41) is 13.8. The van der Waals surface area contributed by atoms with Crippen molar-refractivity contribution in [1.29, 1.82) is 0 Å². The Kier molecular flexibility index (Phi) is 6.49. The molecule has 144 valence electrons. The van der Waals surface area contributed by atoms with E-state index in [2.05, 4.69) is 20.7 Å². The Morgan fingerprint density at radius 2 is 1.96 bits per heavy atom. The van der Waals surface area contributed by atoms with E-state index in [1.54, 1.807) is 6.07 Å². The van der Waals surface area contributed by atoms with Gasteiger partial charge in [0.05, 0.1) is 11.5 Å². The molecule has 0 aliphatic rings. The van der Waals surface area contributed by atoms with Gasteiger partial charge in [-0.15, -0.1) is 10.2 Å². The molecule has 28 heavy (non-hydrogen) atoms. The minimum absolute atomic E-state index is 0.187. The van der Waals surface area contributed by atoms with Crippen molar-refractivity contribution >= 4 is 35.0 Å². The van der Waals surface area contributed by atoms with E-state index in [1.165, 1.54) is 17.3 Å². The number of hydrogen-bond acceptors (Lipinski definition) is 5. The SMILES string of the molecule is CC(=NNC(=O)CSc1nnc(-c2cccc(Cl)c2)n1C)c1ccc(C)cc1. The Bertz CT molecular complexity index is 1010. The molecule has 2 aromatic carbocycles. The first kappa shape index (κ1) is 20.1.